The maximum atomic E-state index is 13.1. The second-order valence-electron chi connectivity index (χ2n) is 10.8. The van der Waals surface area contributed by atoms with Crippen LogP contribution in [0.15, 0.2) is 66.9 Å². The summed E-state index contributed by atoms with van der Waals surface area (Å²) in [6.07, 6.45) is 2.91. The molecule has 194 valence electrons. The molecule has 0 unspecified atom stereocenters. The summed E-state index contributed by atoms with van der Waals surface area (Å²) in [7, 11) is 6.09. The van der Waals surface area contributed by atoms with E-state index in [1.54, 1.807) is 6.20 Å². The van der Waals surface area contributed by atoms with Crippen LogP contribution in [0, 0.1) is 12.8 Å². The number of likely N-dealkylation sites (N-methyl/N-ethyl adjacent to an activating group) is 1. The van der Waals surface area contributed by atoms with E-state index in [1.807, 2.05) is 25.1 Å². The third kappa shape index (κ3) is 4.39. The minimum absolute atomic E-state index is 0.141. The second-order valence-corrected chi connectivity index (χ2v) is 10.8. The lowest BCUT2D eigenvalue weighted by Crippen LogP contribution is -2.31. The Bertz CT molecular complexity index is 1660. The van der Waals surface area contributed by atoms with E-state index >= 15 is 0 Å². The third-order valence-corrected chi connectivity index (χ3v) is 7.92. The molecule has 3 aromatic carbocycles. The Labute approximate surface area is 223 Å². The van der Waals surface area contributed by atoms with Gasteiger partial charge in [0.15, 0.2) is 0 Å². The van der Waals surface area contributed by atoms with Crippen molar-refractivity contribution in [1.29, 1.82) is 0 Å². The molecule has 0 aliphatic heterocycles. The predicted octanol–water partition coefficient (Wildman–Crippen LogP) is 5.66. The Hall–Kier alpha value is -3.90. The van der Waals surface area contributed by atoms with E-state index in [1.165, 1.54) is 17.5 Å². The first-order valence-corrected chi connectivity index (χ1v) is 13.3. The molecule has 1 N–H and O–H groups in total. The summed E-state index contributed by atoms with van der Waals surface area (Å²) in [6.45, 7) is 4.20. The number of hydrogen-bond donors (Lipinski definition) is 1. The van der Waals surface area contributed by atoms with Gasteiger partial charge in [0.05, 0.1) is 12.1 Å². The standard InChI is InChI=1S/C32H34N4O2/c1-20-24-12-13-33-30(32(37)34-14-15-35(2)3)27(24)18-28-26-17-23(10-11-29(26)36(4)31(20)28)38-19-22-16-25(22)21-8-6-5-7-9-21/h5-13,17-18,22,25H,14-16,19H2,1-4H3,(H,34,37)/t22-,25-/m0/s1. The van der Waals surface area contributed by atoms with Crippen molar-refractivity contribution in [2.75, 3.05) is 33.8 Å². The normalized spacial score (nSPS) is 17.0. The quantitative estimate of drug-likeness (QED) is 0.295. The molecule has 6 nitrogen and oxygen atoms in total. The van der Waals surface area contributed by atoms with Crippen molar-refractivity contribution < 1.29 is 9.53 Å². The third-order valence-electron chi connectivity index (χ3n) is 7.92. The molecule has 6 heteroatoms. The largest absolute Gasteiger partial charge is 0.493 e. The zero-order chi connectivity index (χ0) is 26.4. The SMILES string of the molecule is Cc1c2ccnc(C(=O)NCCN(C)C)c2cc2c3cc(OC[C@@H]4C[C@H]4c4ccccc4)ccc3n(C)c12. The zero-order valence-electron chi connectivity index (χ0n) is 22.5. The summed E-state index contributed by atoms with van der Waals surface area (Å²) in [4.78, 5) is 19.6. The molecule has 6 rings (SSSR count). The number of nitrogens with one attached hydrogen (secondary N) is 1. The number of pyridine rings is 1. The second kappa shape index (κ2) is 9.76. The first-order chi connectivity index (χ1) is 18.4. The van der Waals surface area contributed by atoms with Crippen LogP contribution in [0.1, 0.15) is 34.0 Å². The van der Waals surface area contributed by atoms with Crippen molar-refractivity contribution in [3.63, 3.8) is 0 Å². The highest BCUT2D eigenvalue weighted by Gasteiger charge is 2.38. The zero-order valence-corrected chi connectivity index (χ0v) is 22.5. The topological polar surface area (TPSA) is 59.4 Å². The Morgan fingerprint density at radius 2 is 1.87 bits per heavy atom. The van der Waals surface area contributed by atoms with Crippen molar-refractivity contribution in [1.82, 2.24) is 19.8 Å². The highest BCUT2D eigenvalue weighted by Crippen LogP contribution is 2.47. The maximum Gasteiger partial charge on any atom is 0.270 e. The molecule has 0 bridgehead atoms. The average molecular weight is 507 g/mol. The first-order valence-electron chi connectivity index (χ1n) is 13.3. The molecule has 0 spiro atoms. The van der Waals surface area contributed by atoms with Gasteiger partial charge in [-0.05, 0) is 80.2 Å². The van der Waals surface area contributed by atoms with Crippen LogP contribution in [-0.2, 0) is 7.05 Å². The molecule has 1 saturated carbocycles. The van der Waals surface area contributed by atoms with Crippen LogP contribution in [0.4, 0.5) is 0 Å². The summed E-state index contributed by atoms with van der Waals surface area (Å²) in [5, 5.41) is 7.19. The number of ether oxygens (including phenoxy) is 1. The highest BCUT2D eigenvalue weighted by atomic mass is 16.5. The minimum atomic E-state index is -0.141. The monoisotopic (exact) mass is 506 g/mol. The van der Waals surface area contributed by atoms with Crippen molar-refractivity contribution >= 4 is 38.5 Å². The number of aromatic nitrogens is 2. The molecule has 1 aliphatic rings. The molecule has 0 radical (unpaired) electrons. The minimum Gasteiger partial charge on any atom is -0.493 e. The molecule has 5 aromatic rings. The Kier molecular flexibility index (Phi) is 6.28. The fourth-order valence-corrected chi connectivity index (χ4v) is 5.76. The van der Waals surface area contributed by atoms with E-state index in [2.05, 4.69) is 83.4 Å². The molecular weight excluding hydrogens is 472 g/mol. The van der Waals surface area contributed by atoms with Gasteiger partial charge in [0.2, 0.25) is 0 Å². The summed E-state index contributed by atoms with van der Waals surface area (Å²) in [5.74, 6) is 1.90. The number of rotatable bonds is 8. The van der Waals surface area contributed by atoms with Gasteiger partial charge in [0, 0.05) is 53.9 Å². The lowest BCUT2D eigenvalue weighted by molar-refractivity contribution is 0.0948. The van der Waals surface area contributed by atoms with Crippen molar-refractivity contribution in [2.24, 2.45) is 13.0 Å². The van der Waals surface area contributed by atoms with Crippen LogP contribution < -0.4 is 10.1 Å². The van der Waals surface area contributed by atoms with E-state index in [0.717, 1.165) is 51.5 Å². The van der Waals surface area contributed by atoms with E-state index in [4.69, 9.17) is 4.74 Å². The van der Waals surface area contributed by atoms with Crippen LogP contribution in [0.3, 0.4) is 0 Å². The predicted molar refractivity (Wildman–Crippen MR) is 154 cm³/mol. The number of fused-ring (bicyclic) bond motifs is 4. The number of amides is 1. The summed E-state index contributed by atoms with van der Waals surface area (Å²) in [6, 6.07) is 21.2. The van der Waals surface area contributed by atoms with Gasteiger partial charge < -0.3 is 19.5 Å². The van der Waals surface area contributed by atoms with Crippen molar-refractivity contribution in [3.8, 4) is 5.75 Å². The van der Waals surface area contributed by atoms with Gasteiger partial charge in [0.25, 0.3) is 5.91 Å². The van der Waals surface area contributed by atoms with Crippen molar-refractivity contribution in [2.45, 2.75) is 19.3 Å². The Morgan fingerprint density at radius 1 is 1.05 bits per heavy atom. The number of hydrogen-bond acceptors (Lipinski definition) is 4. The molecule has 0 saturated heterocycles. The van der Waals surface area contributed by atoms with Crippen LogP contribution in [0.5, 0.6) is 5.75 Å². The van der Waals surface area contributed by atoms with Crippen LogP contribution in [-0.4, -0.2) is 54.1 Å². The van der Waals surface area contributed by atoms with Crippen LogP contribution in [0.25, 0.3) is 32.6 Å². The number of aryl methyl sites for hydroxylation is 2. The van der Waals surface area contributed by atoms with Crippen LogP contribution >= 0.6 is 0 Å². The molecule has 1 amide bonds. The molecule has 2 aromatic heterocycles. The summed E-state index contributed by atoms with van der Waals surface area (Å²) < 4.78 is 8.54. The van der Waals surface area contributed by atoms with Gasteiger partial charge in [-0.3, -0.25) is 9.78 Å². The van der Waals surface area contributed by atoms with Gasteiger partial charge in [-0.2, -0.15) is 0 Å². The smallest absolute Gasteiger partial charge is 0.270 e. The lowest BCUT2D eigenvalue weighted by atomic mass is 10.00. The van der Waals surface area contributed by atoms with Gasteiger partial charge in [-0.15, -0.1) is 0 Å². The highest BCUT2D eigenvalue weighted by molar-refractivity contribution is 6.17. The molecule has 2 atom stereocenters. The fraction of sp³-hybridized carbons (Fsp3) is 0.312. The summed E-state index contributed by atoms with van der Waals surface area (Å²) >= 11 is 0. The Balaban J connectivity index is 1.33. The Morgan fingerprint density at radius 3 is 2.66 bits per heavy atom. The van der Waals surface area contributed by atoms with E-state index in [9.17, 15) is 4.79 Å². The molecule has 1 aliphatic carbocycles. The van der Waals surface area contributed by atoms with Gasteiger partial charge in [-0.25, -0.2) is 0 Å². The first kappa shape index (κ1) is 24.4. The molecular formula is C32H34N4O2. The molecule has 2 heterocycles. The summed E-state index contributed by atoms with van der Waals surface area (Å²) in [5.41, 5.74) is 5.33. The fourth-order valence-electron chi connectivity index (χ4n) is 5.76. The lowest BCUT2D eigenvalue weighted by Gasteiger charge is -2.12. The number of nitrogens with zero attached hydrogens (tertiary/aromatic N) is 3. The van der Waals surface area contributed by atoms with E-state index < -0.39 is 0 Å². The molecule has 1 fully saturated rings. The van der Waals surface area contributed by atoms with E-state index in [0.29, 0.717) is 24.1 Å². The number of benzene rings is 3. The van der Waals surface area contributed by atoms with Crippen LogP contribution in [0.2, 0.25) is 0 Å². The molecule has 38 heavy (non-hydrogen) atoms. The number of carbonyl (C=O) groups excluding carboxylic acids is 1. The van der Waals surface area contributed by atoms with Gasteiger partial charge >= 0.3 is 0 Å². The number of carbonyl (C=O) groups is 1. The van der Waals surface area contributed by atoms with E-state index in [-0.39, 0.29) is 5.91 Å². The van der Waals surface area contributed by atoms with Gasteiger partial charge in [0.1, 0.15) is 11.4 Å². The maximum absolute atomic E-state index is 13.1. The average Bonchev–Trinajstić information content (AvgIpc) is 3.65. The van der Waals surface area contributed by atoms with Crippen molar-refractivity contribution in [3.05, 3.63) is 83.7 Å². The van der Waals surface area contributed by atoms with Gasteiger partial charge in [-0.1, -0.05) is 30.3 Å².